The number of phenolic OH excluding ortho intramolecular Hbond substituents is 3. The number of nitrogens with one attached hydrogen (secondary N) is 1. The Kier molecular flexibility index (Phi) is 4.16. The van der Waals surface area contributed by atoms with E-state index in [1.165, 1.54) is 0 Å². The molecule has 4 N–H and O–H groups in total. The molecule has 0 bridgehead atoms. The molecular weight excluding hydrogens is 222 g/mol. The molecular formula is C12H13NO4. The van der Waals surface area contributed by atoms with E-state index < -0.39 is 23.2 Å². The van der Waals surface area contributed by atoms with Gasteiger partial charge in [0.2, 0.25) is 0 Å². The van der Waals surface area contributed by atoms with Crippen molar-refractivity contribution >= 4 is 5.91 Å². The van der Waals surface area contributed by atoms with Gasteiger partial charge in [0.15, 0.2) is 17.2 Å². The molecule has 5 nitrogen and oxygen atoms in total. The Balaban J connectivity index is 2.76. The molecule has 5 heteroatoms. The fraction of sp³-hybridized carbons (Fsp3) is 0.0833. The molecule has 1 amide bonds. The second kappa shape index (κ2) is 5.60. The first-order chi connectivity index (χ1) is 8.06. The van der Waals surface area contributed by atoms with Gasteiger partial charge in [-0.15, -0.1) is 0 Å². The monoisotopic (exact) mass is 235 g/mol. The molecule has 0 heterocycles. The lowest BCUT2D eigenvalue weighted by molar-refractivity contribution is 0.0957. The summed E-state index contributed by atoms with van der Waals surface area (Å²) in [6.07, 6.45) is 4.93. The lowest BCUT2D eigenvalue weighted by Crippen LogP contribution is -2.23. The molecule has 0 atom stereocenters. The van der Waals surface area contributed by atoms with Crippen LogP contribution in [0.2, 0.25) is 0 Å². The van der Waals surface area contributed by atoms with Gasteiger partial charge < -0.3 is 20.6 Å². The van der Waals surface area contributed by atoms with Crippen LogP contribution in [0.4, 0.5) is 0 Å². The third-order valence-electron chi connectivity index (χ3n) is 1.98. The van der Waals surface area contributed by atoms with Crippen molar-refractivity contribution < 1.29 is 20.1 Å². The first kappa shape index (κ1) is 12.6. The minimum absolute atomic E-state index is 0.0600. The minimum Gasteiger partial charge on any atom is -0.504 e. The molecule has 1 aromatic rings. The number of hydrogen-bond donors (Lipinski definition) is 4. The summed E-state index contributed by atoms with van der Waals surface area (Å²) in [6, 6.07) is 2.14. The molecule has 1 aromatic carbocycles. The summed E-state index contributed by atoms with van der Waals surface area (Å²) in [5, 5.41) is 30.1. The largest absolute Gasteiger partial charge is 0.504 e. The summed E-state index contributed by atoms with van der Waals surface area (Å²) >= 11 is 0. The van der Waals surface area contributed by atoms with Crippen LogP contribution in [0.25, 0.3) is 0 Å². The average Bonchev–Trinajstić information content (AvgIpc) is 2.30. The van der Waals surface area contributed by atoms with E-state index in [0.717, 1.165) is 12.1 Å². The second-order valence-corrected chi connectivity index (χ2v) is 3.24. The summed E-state index contributed by atoms with van der Waals surface area (Å²) in [5.41, 5.74) is 0.0600. The molecule has 0 fully saturated rings. The summed E-state index contributed by atoms with van der Waals surface area (Å²) in [5.74, 6) is -2.20. The summed E-state index contributed by atoms with van der Waals surface area (Å²) < 4.78 is 0. The van der Waals surface area contributed by atoms with Crippen molar-refractivity contribution in [2.75, 3.05) is 6.54 Å². The Morgan fingerprint density at radius 2 is 1.88 bits per heavy atom. The van der Waals surface area contributed by atoms with Gasteiger partial charge in [-0.2, -0.15) is 0 Å². The van der Waals surface area contributed by atoms with Crippen molar-refractivity contribution in [3.8, 4) is 17.2 Å². The second-order valence-electron chi connectivity index (χ2n) is 3.24. The topological polar surface area (TPSA) is 89.8 Å². The Morgan fingerprint density at radius 3 is 2.41 bits per heavy atom. The van der Waals surface area contributed by atoms with Crippen molar-refractivity contribution in [1.29, 1.82) is 0 Å². The van der Waals surface area contributed by atoms with E-state index in [1.54, 1.807) is 18.2 Å². The van der Waals surface area contributed by atoms with Crippen LogP contribution in [0.1, 0.15) is 10.4 Å². The zero-order valence-corrected chi connectivity index (χ0v) is 9.05. The van der Waals surface area contributed by atoms with Crippen molar-refractivity contribution in [1.82, 2.24) is 5.32 Å². The van der Waals surface area contributed by atoms with Crippen LogP contribution in [-0.2, 0) is 0 Å². The molecule has 0 aliphatic heterocycles. The number of carbonyl (C=O) groups excluding carboxylic acids is 1. The van der Waals surface area contributed by atoms with Gasteiger partial charge in [-0.3, -0.25) is 4.79 Å². The number of carbonyl (C=O) groups is 1. The maximum absolute atomic E-state index is 11.5. The molecule has 0 aliphatic carbocycles. The SMILES string of the molecule is C=CC=CCNC(=O)c1cc(O)c(O)c(O)c1. The summed E-state index contributed by atoms with van der Waals surface area (Å²) in [7, 11) is 0. The van der Waals surface area contributed by atoms with Crippen LogP contribution >= 0.6 is 0 Å². The van der Waals surface area contributed by atoms with E-state index in [2.05, 4.69) is 11.9 Å². The summed E-state index contributed by atoms with van der Waals surface area (Å²) in [4.78, 5) is 11.5. The Hall–Kier alpha value is -2.43. The van der Waals surface area contributed by atoms with Gasteiger partial charge in [-0.05, 0) is 12.1 Å². The standard InChI is InChI=1S/C12H13NO4/c1-2-3-4-5-13-12(17)8-6-9(14)11(16)10(15)7-8/h2-4,6-7,14-16H,1,5H2,(H,13,17). The van der Waals surface area contributed by atoms with Gasteiger partial charge >= 0.3 is 0 Å². The molecule has 90 valence electrons. The third-order valence-corrected chi connectivity index (χ3v) is 1.98. The molecule has 0 spiro atoms. The quantitative estimate of drug-likeness (QED) is 0.467. The highest BCUT2D eigenvalue weighted by Gasteiger charge is 2.12. The fourth-order valence-electron chi connectivity index (χ4n) is 1.15. The lowest BCUT2D eigenvalue weighted by atomic mass is 10.1. The van der Waals surface area contributed by atoms with Crippen LogP contribution in [0.5, 0.6) is 17.2 Å². The third kappa shape index (κ3) is 3.27. The fourth-order valence-corrected chi connectivity index (χ4v) is 1.15. The first-order valence-corrected chi connectivity index (χ1v) is 4.87. The molecule has 0 saturated heterocycles. The van der Waals surface area contributed by atoms with Crippen molar-refractivity contribution in [2.45, 2.75) is 0 Å². The van der Waals surface area contributed by atoms with Crippen molar-refractivity contribution in [3.63, 3.8) is 0 Å². The Morgan fingerprint density at radius 1 is 1.29 bits per heavy atom. The molecule has 0 saturated carbocycles. The van der Waals surface area contributed by atoms with Crippen LogP contribution in [0.15, 0.2) is 36.9 Å². The molecule has 0 unspecified atom stereocenters. The van der Waals surface area contributed by atoms with Gasteiger partial charge in [0.25, 0.3) is 5.91 Å². The van der Waals surface area contributed by atoms with Gasteiger partial charge in [-0.1, -0.05) is 24.8 Å². The van der Waals surface area contributed by atoms with E-state index in [9.17, 15) is 15.0 Å². The molecule has 0 aromatic heterocycles. The molecule has 1 rings (SSSR count). The minimum atomic E-state index is -0.645. The van der Waals surface area contributed by atoms with Crippen molar-refractivity contribution in [2.24, 2.45) is 0 Å². The number of benzene rings is 1. The van der Waals surface area contributed by atoms with E-state index in [1.807, 2.05) is 0 Å². The van der Waals surface area contributed by atoms with E-state index in [0.29, 0.717) is 6.54 Å². The molecule has 17 heavy (non-hydrogen) atoms. The maximum atomic E-state index is 11.5. The van der Waals surface area contributed by atoms with Gasteiger partial charge in [0.1, 0.15) is 0 Å². The maximum Gasteiger partial charge on any atom is 0.251 e. The average molecular weight is 235 g/mol. The highest BCUT2D eigenvalue weighted by Crippen LogP contribution is 2.35. The normalized spacial score (nSPS) is 10.4. The van der Waals surface area contributed by atoms with Gasteiger partial charge in [0.05, 0.1) is 0 Å². The Bertz CT molecular complexity index is 443. The number of rotatable bonds is 4. The van der Waals surface area contributed by atoms with Crippen LogP contribution in [-0.4, -0.2) is 27.8 Å². The smallest absolute Gasteiger partial charge is 0.251 e. The number of hydrogen-bond acceptors (Lipinski definition) is 4. The van der Waals surface area contributed by atoms with E-state index in [4.69, 9.17) is 5.11 Å². The zero-order valence-electron chi connectivity index (χ0n) is 9.05. The van der Waals surface area contributed by atoms with Crippen LogP contribution in [0.3, 0.4) is 0 Å². The molecule has 0 radical (unpaired) electrons. The van der Waals surface area contributed by atoms with Gasteiger partial charge in [-0.25, -0.2) is 0 Å². The Labute approximate surface area is 98.3 Å². The predicted octanol–water partition coefficient (Wildman–Crippen LogP) is 1.28. The summed E-state index contributed by atoms with van der Waals surface area (Å²) in [6.45, 7) is 3.77. The first-order valence-electron chi connectivity index (χ1n) is 4.87. The van der Waals surface area contributed by atoms with Gasteiger partial charge in [0, 0.05) is 12.1 Å². The van der Waals surface area contributed by atoms with E-state index >= 15 is 0 Å². The highest BCUT2D eigenvalue weighted by atomic mass is 16.3. The van der Waals surface area contributed by atoms with E-state index in [-0.39, 0.29) is 5.56 Å². The highest BCUT2D eigenvalue weighted by molar-refractivity contribution is 5.95. The zero-order chi connectivity index (χ0) is 12.8. The van der Waals surface area contributed by atoms with Crippen LogP contribution in [0, 0.1) is 0 Å². The van der Waals surface area contributed by atoms with Crippen molar-refractivity contribution in [3.05, 3.63) is 42.5 Å². The number of amides is 1. The molecule has 0 aliphatic rings. The van der Waals surface area contributed by atoms with Crippen LogP contribution < -0.4 is 5.32 Å². The lowest BCUT2D eigenvalue weighted by Gasteiger charge is -2.05. The predicted molar refractivity (Wildman–Crippen MR) is 63.1 cm³/mol. The number of allylic oxidation sites excluding steroid dienone is 2. The number of aromatic hydroxyl groups is 3. The number of phenols is 3.